The van der Waals surface area contributed by atoms with E-state index in [0.29, 0.717) is 18.3 Å². The van der Waals surface area contributed by atoms with Crippen molar-refractivity contribution >= 4 is 17.2 Å². The van der Waals surface area contributed by atoms with Gasteiger partial charge in [0.2, 0.25) is 0 Å². The fraction of sp³-hybridized carbons (Fsp3) is 0.533. The molecule has 0 spiro atoms. The summed E-state index contributed by atoms with van der Waals surface area (Å²) in [6, 6.07) is 2.16. The predicted octanol–water partition coefficient (Wildman–Crippen LogP) is 1.84. The first-order chi connectivity index (χ1) is 10.6. The lowest BCUT2D eigenvalue weighted by Crippen LogP contribution is -2.32. The molecule has 0 aliphatic carbocycles. The number of amides is 1. The first-order valence-corrected chi connectivity index (χ1v) is 8.38. The number of thiazole rings is 1. The molecule has 6 nitrogen and oxygen atoms in total. The molecule has 1 unspecified atom stereocenters. The normalized spacial score (nSPS) is 18.4. The molecule has 22 heavy (non-hydrogen) atoms. The standard InChI is InChI=1S/C15H21N5OS/c1-11-17-9-13(22-11)10-19(2)15(21)14-5-7-20(18-14)12-4-3-6-16-8-12/h5,7,9,12,16H,3-4,6,8,10H2,1-2H3. The lowest BCUT2D eigenvalue weighted by atomic mass is 10.1. The maximum atomic E-state index is 12.5. The molecule has 1 aliphatic heterocycles. The minimum absolute atomic E-state index is 0.0476. The number of nitrogens with one attached hydrogen (secondary N) is 1. The van der Waals surface area contributed by atoms with Crippen LogP contribution in [0.1, 0.15) is 39.3 Å². The first-order valence-electron chi connectivity index (χ1n) is 7.56. The van der Waals surface area contributed by atoms with Crippen molar-refractivity contribution in [3.63, 3.8) is 0 Å². The highest BCUT2D eigenvalue weighted by Crippen LogP contribution is 2.17. The van der Waals surface area contributed by atoms with Crippen LogP contribution >= 0.6 is 11.3 Å². The SMILES string of the molecule is Cc1ncc(CN(C)C(=O)c2ccn(C3CCCNC3)n2)s1. The van der Waals surface area contributed by atoms with Gasteiger partial charge in [0.05, 0.1) is 17.6 Å². The molecule has 2 aromatic rings. The Bertz CT molecular complexity index is 644. The van der Waals surface area contributed by atoms with Crippen LogP contribution in [0.4, 0.5) is 0 Å². The Kier molecular flexibility index (Phi) is 4.54. The summed E-state index contributed by atoms with van der Waals surface area (Å²) >= 11 is 1.62. The number of aromatic nitrogens is 3. The minimum Gasteiger partial charge on any atom is -0.335 e. The van der Waals surface area contributed by atoms with E-state index in [-0.39, 0.29) is 5.91 Å². The molecule has 1 fully saturated rings. The highest BCUT2D eigenvalue weighted by Gasteiger charge is 2.20. The van der Waals surface area contributed by atoms with E-state index >= 15 is 0 Å². The lowest BCUT2D eigenvalue weighted by molar-refractivity contribution is 0.0779. The second kappa shape index (κ2) is 6.58. The zero-order valence-electron chi connectivity index (χ0n) is 13.0. The van der Waals surface area contributed by atoms with Crippen LogP contribution in [0.3, 0.4) is 0 Å². The summed E-state index contributed by atoms with van der Waals surface area (Å²) in [6.45, 7) is 4.53. The molecule has 0 bridgehead atoms. The summed E-state index contributed by atoms with van der Waals surface area (Å²) in [5.74, 6) is -0.0476. The molecule has 0 saturated carbocycles. The van der Waals surface area contributed by atoms with E-state index in [2.05, 4.69) is 15.4 Å². The number of rotatable bonds is 4. The van der Waals surface area contributed by atoms with Gasteiger partial charge in [0.1, 0.15) is 5.69 Å². The number of piperidine rings is 1. The predicted molar refractivity (Wildman–Crippen MR) is 86.0 cm³/mol. The highest BCUT2D eigenvalue weighted by molar-refractivity contribution is 7.11. The molecule has 3 heterocycles. The van der Waals surface area contributed by atoms with Gasteiger partial charge in [-0.25, -0.2) is 4.98 Å². The number of carbonyl (C=O) groups is 1. The van der Waals surface area contributed by atoms with Crippen molar-refractivity contribution in [3.8, 4) is 0 Å². The molecule has 1 amide bonds. The zero-order chi connectivity index (χ0) is 15.5. The van der Waals surface area contributed by atoms with E-state index in [9.17, 15) is 4.79 Å². The maximum Gasteiger partial charge on any atom is 0.274 e. The van der Waals surface area contributed by atoms with Gasteiger partial charge in [-0.1, -0.05) is 0 Å². The van der Waals surface area contributed by atoms with Gasteiger partial charge < -0.3 is 10.2 Å². The molecule has 2 aromatic heterocycles. The van der Waals surface area contributed by atoms with Gasteiger partial charge in [0.25, 0.3) is 5.91 Å². The van der Waals surface area contributed by atoms with E-state index in [1.807, 2.05) is 30.1 Å². The van der Waals surface area contributed by atoms with Crippen LogP contribution in [0.5, 0.6) is 0 Å². The Hall–Kier alpha value is -1.73. The van der Waals surface area contributed by atoms with Crippen LogP contribution in [0, 0.1) is 6.92 Å². The summed E-state index contributed by atoms with van der Waals surface area (Å²) in [7, 11) is 1.80. The molecule has 118 valence electrons. The quantitative estimate of drug-likeness (QED) is 0.934. The van der Waals surface area contributed by atoms with E-state index in [1.54, 1.807) is 23.3 Å². The zero-order valence-corrected chi connectivity index (χ0v) is 13.8. The topological polar surface area (TPSA) is 63.1 Å². The van der Waals surface area contributed by atoms with Crippen LogP contribution in [-0.4, -0.2) is 45.7 Å². The fourth-order valence-electron chi connectivity index (χ4n) is 2.69. The molecule has 1 N–H and O–H groups in total. The largest absolute Gasteiger partial charge is 0.335 e. The molecular formula is C15H21N5OS. The number of hydrogen-bond acceptors (Lipinski definition) is 5. The van der Waals surface area contributed by atoms with E-state index in [0.717, 1.165) is 35.8 Å². The van der Waals surface area contributed by atoms with E-state index in [4.69, 9.17) is 0 Å². The smallest absolute Gasteiger partial charge is 0.274 e. The van der Waals surface area contributed by atoms with Crippen LogP contribution < -0.4 is 5.32 Å². The van der Waals surface area contributed by atoms with Crippen LogP contribution in [0.15, 0.2) is 18.5 Å². The monoisotopic (exact) mass is 319 g/mol. The Morgan fingerprint density at radius 2 is 2.45 bits per heavy atom. The highest BCUT2D eigenvalue weighted by atomic mass is 32.1. The van der Waals surface area contributed by atoms with Crippen molar-refractivity contribution in [2.75, 3.05) is 20.1 Å². The van der Waals surface area contributed by atoms with E-state index in [1.165, 1.54) is 0 Å². The Balaban J connectivity index is 1.65. The number of hydrogen-bond donors (Lipinski definition) is 1. The average Bonchev–Trinajstić information content (AvgIpc) is 3.17. The first kappa shape index (κ1) is 15.2. The fourth-order valence-corrected chi connectivity index (χ4v) is 3.54. The molecule has 1 atom stereocenters. The summed E-state index contributed by atoms with van der Waals surface area (Å²) in [5.41, 5.74) is 0.509. The number of aryl methyl sites for hydroxylation is 1. The van der Waals surface area contributed by atoms with Crippen molar-refractivity contribution in [3.05, 3.63) is 34.0 Å². The van der Waals surface area contributed by atoms with Crippen molar-refractivity contribution in [2.45, 2.75) is 32.4 Å². The average molecular weight is 319 g/mol. The van der Waals surface area contributed by atoms with Gasteiger partial charge in [0.15, 0.2) is 0 Å². The van der Waals surface area contributed by atoms with Gasteiger partial charge in [-0.2, -0.15) is 5.10 Å². The van der Waals surface area contributed by atoms with Crippen LogP contribution in [-0.2, 0) is 6.54 Å². The van der Waals surface area contributed by atoms with Crippen molar-refractivity contribution < 1.29 is 4.79 Å². The van der Waals surface area contributed by atoms with Crippen LogP contribution in [0.25, 0.3) is 0 Å². The Morgan fingerprint density at radius 3 is 3.14 bits per heavy atom. The minimum atomic E-state index is -0.0476. The summed E-state index contributed by atoms with van der Waals surface area (Å²) in [6.07, 6.45) is 6.00. The molecule has 7 heteroatoms. The molecular weight excluding hydrogens is 298 g/mol. The molecule has 1 saturated heterocycles. The third kappa shape index (κ3) is 3.36. The van der Waals surface area contributed by atoms with E-state index < -0.39 is 0 Å². The van der Waals surface area contributed by atoms with Crippen molar-refractivity contribution in [1.82, 2.24) is 25.0 Å². The Morgan fingerprint density at radius 1 is 1.59 bits per heavy atom. The van der Waals surface area contributed by atoms with Gasteiger partial charge in [-0.3, -0.25) is 9.48 Å². The van der Waals surface area contributed by atoms with Gasteiger partial charge in [-0.15, -0.1) is 11.3 Å². The number of nitrogens with zero attached hydrogens (tertiary/aromatic N) is 4. The van der Waals surface area contributed by atoms with Gasteiger partial charge >= 0.3 is 0 Å². The summed E-state index contributed by atoms with van der Waals surface area (Å²) in [4.78, 5) is 19.5. The molecule has 3 rings (SSSR count). The third-order valence-electron chi connectivity index (χ3n) is 3.88. The maximum absolute atomic E-state index is 12.5. The van der Waals surface area contributed by atoms with Crippen LogP contribution in [0.2, 0.25) is 0 Å². The third-order valence-corrected chi connectivity index (χ3v) is 4.78. The molecule has 0 aromatic carbocycles. The summed E-state index contributed by atoms with van der Waals surface area (Å²) < 4.78 is 1.92. The molecule has 0 radical (unpaired) electrons. The lowest BCUT2D eigenvalue weighted by Gasteiger charge is -2.23. The number of carbonyl (C=O) groups excluding carboxylic acids is 1. The van der Waals surface area contributed by atoms with Crippen molar-refractivity contribution in [1.29, 1.82) is 0 Å². The molecule has 1 aliphatic rings. The Labute approximate surface area is 134 Å². The van der Waals surface area contributed by atoms with Gasteiger partial charge in [0, 0.05) is 30.9 Å². The van der Waals surface area contributed by atoms with Gasteiger partial charge in [-0.05, 0) is 32.4 Å². The van der Waals surface area contributed by atoms with Crippen molar-refractivity contribution in [2.24, 2.45) is 0 Å². The second-order valence-corrected chi connectivity index (χ2v) is 7.01. The second-order valence-electron chi connectivity index (χ2n) is 5.69. The summed E-state index contributed by atoms with van der Waals surface area (Å²) in [5, 5.41) is 8.86.